The Hall–Kier alpha value is -0.605. The van der Waals surface area contributed by atoms with Gasteiger partial charge in [0.25, 0.3) is 0 Å². The molecule has 0 bridgehead atoms. The van der Waals surface area contributed by atoms with E-state index in [1.165, 1.54) is 0 Å². The van der Waals surface area contributed by atoms with Gasteiger partial charge in [0.15, 0.2) is 0 Å². The van der Waals surface area contributed by atoms with E-state index in [4.69, 9.17) is 39.5 Å². The summed E-state index contributed by atoms with van der Waals surface area (Å²) in [7, 11) is -2.35. The highest BCUT2D eigenvalue weighted by molar-refractivity contribution is 6.89. The van der Waals surface area contributed by atoms with Crippen LogP contribution in [0.3, 0.4) is 0 Å². The second kappa shape index (κ2) is 8.44. The van der Waals surface area contributed by atoms with Gasteiger partial charge in [0.1, 0.15) is 0 Å². The van der Waals surface area contributed by atoms with Crippen LogP contribution in [0.2, 0.25) is 10.1 Å². The molecule has 0 saturated carbocycles. The van der Waals surface area contributed by atoms with Crippen LogP contribution in [-0.4, -0.2) is 59.9 Å². The maximum Gasteiger partial charge on any atom is 0.460 e. The highest BCUT2D eigenvalue weighted by Gasteiger charge is 2.77. The van der Waals surface area contributed by atoms with Crippen LogP contribution in [0.15, 0.2) is 18.3 Å². The van der Waals surface area contributed by atoms with Gasteiger partial charge < -0.3 is 27.9 Å². The summed E-state index contributed by atoms with van der Waals surface area (Å²) in [5, 5.41) is -0.496. The number of pyridine rings is 1. The van der Waals surface area contributed by atoms with Crippen LogP contribution in [0.4, 0.5) is 0 Å². The Kier molecular flexibility index (Phi) is 6.66. The summed E-state index contributed by atoms with van der Waals surface area (Å²) in [6.07, 6.45) is 2.03. The Bertz CT molecular complexity index is 879. The third-order valence-corrected chi connectivity index (χ3v) is 9.58. The molecule has 198 valence electrons. The minimum Gasteiger partial charge on any atom is -0.403 e. The number of hydrogen-bond donors (Lipinski definition) is 0. The molecule has 3 fully saturated rings. The fraction of sp³-hybridized carbons (Fsp3) is 0.800. The molecule has 0 aromatic carbocycles. The molecule has 36 heavy (non-hydrogen) atoms. The number of nitrogens with zero attached hydrogens (tertiary/aromatic N) is 1. The quantitative estimate of drug-likeness (QED) is 0.485. The van der Waals surface area contributed by atoms with E-state index in [1.807, 2.05) is 89.2 Å². The first-order chi connectivity index (χ1) is 16.2. The largest absolute Gasteiger partial charge is 0.460 e. The number of aromatic nitrogens is 1. The molecule has 0 N–H and O–H groups in total. The van der Waals surface area contributed by atoms with Crippen molar-refractivity contribution < 1.29 is 27.9 Å². The topological polar surface area (TPSA) is 68.3 Å². The molecule has 7 nitrogen and oxygen atoms in total. The van der Waals surface area contributed by atoms with E-state index < -0.39 is 60.1 Å². The smallest absolute Gasteiger partial charge is 0.403 e. The van der Waals surface area contributed by atoms with E-state index >= 15 is 0 Å². The predicted molar refractivity (Wildman–Crippen MR) is 144 cm³/mol. The Balaban J connectivity index is 1.93. The van der Waals surface area contributed by atoms with E-state index in [1.54, 1.807) is 12.3 Å². The Labute approximate surface area is 223 Å². The molecular weight excluding hydrogens is 478 g/mol. The van der Waals surface area contributed by atoms with E-state index in [-0.39, 0.29) is 0 Å². The highest BCUT2D eigenvalue weighted by Crippen LogP contribution is 2.57. The van der Waals surface area contributed by atoms with Crippen molar-refractivity contribution in [2.45, 2.75) is 128 Å². The fourth-order valence-electron chi connectivity index (χ4n) is 4.63. The van der Waals surface area contributed by atoms with Gasteiger partial charge in [-0.15, -0.1) is 0 Å². The normalized spacial score (nSPS) is 27.6. The van der Waals surface area contributed by atoms with Crippen LogP contribution in [-0.2, 0) is 34.3 Å². The molecule has 3 aliphatic rings. The standard InChI is InChI=1S/C25H41B3ClNO6/c1-19(2)20(3,4)32-26(31-19)25(16-18-15-17(29)13-14-30-18,27-33-21(5,6)22(7,8)34-27)28-35-23(9,10)24(11,12)36-28/h13-15H,16H2,1-12H3. The number of hydrogen-bond acceptors (Lipinski definition) is 7. The third kappa shape index (κ3) is 4.39. The molecule has 0 atom stereocenters. The van der Waals surface area contributed by atoms with Gasteiger partial charge in [-0.2, -0.15) is 0 Å². The SMILES string of the molecule is CC1(C)OB(C(Cc2cc(Cl)ccn2)(B2OC(C)(C)C(C)(C)O2)B2OC(C)(C)C(C)(C)O2)OC1(C)C. The highest BCUT2D eigenvalue weighted by atomic mass is 35.5. The van der Waals surface area contributed by atoms with Gasteiger partial charge in [0.05, 0.1) is 38.7 Å². The minimum absolute atomic E-state index is 0.331. The summed E-state index contributed by atoms with van der Waals surface area (Å²) in [5.74, 6) is 0. The Morgan fingerprint density at radius 1 is 0.639 bits per heavy atom. The number of rotatable bonds is 5. The maximum atomic E-state index is 6.73. The van der Waals surface area contributed by atoms with Gasteiger partial charge in [0.2, 0.25) is 0 Å². The van der Waals surface area contributed by atoms with Crippen LogP contribution in [0, 0.1) is 0 Å². The van der Waals surface area contributed by atoms with E-state index in [0.717, 1.165) is 5.69 Å². The van der Waals surface area contributed by atoms with Crippen molar-refractivity contribution in [3.8, 4) is 0 Å². The van der Waals surface area contributed by atoms with Gasteiger partial charge in [-0.3, -0.25) is 4.98 Å². The van der Waals surface area contributed by atoms with Crippen LogP contribution < -0.4 is 0 Å². The molecular formula is C25H41B3ClNO6. The van der Waals surface area contributed by atoms with Gasteiger partial charge in [-0.1, -0.05) is 11.6 Å². The minimum atomic E-state index is -1.08. The zero-order valence-corrected chi connectivity index (χ0v) is 24.7. The molecule has 0 amide bonds. The lowest BCUT2D eigenvalue weighted by Crippen LogP contribution is -2.60. The molecule has 0 radical (unpaired) electrons. The molecule has 1 aromatic heterocycles. The summed E-state index contributed by atoms with van der Waals surface area (Å²) in [5.41, 5.74) is -2.86. The average molecular weight is 519 g/mol. The van der Waals surface area contributed by atoms with Crippen molar-refractivity contribution in [3.05, 3.63) is 29.0 Å². The van der Waals surface area contributed by atoms with Crippen LogP contribution in [0.1, 0.15) is 88.8 Å². The second-order valence-electron chi connectivity index (χ2n) is 13.5. The molecule has 0 aliphatic carbocycles. The zero-order valence-electron chi connectivity index (χ0n) is 23.9. The van der Waals surface area contributed by atoms with Gasteiger partial charge >= 0.3 is 21.4 Å². The maximum absolute atomic E-state index is 6.73. The van der Waals surface area contributed by atoms with Crippen molar-refractivity contribution in [1.29, 1.82) is 0 Å². The van der Waals surface area contributed by atoms with Crippen molar-refractivity contribution in [2.75, 3.05) is 0 Å². The van der Waals surface area contributed by atoms with Crippen molar-refractivity contribution in [1.82, 2.24) is 4.98 Å². The van der Waals surface area contributed by atoms with Crippen LogP contribution >= 0.6 is 11.6 Å². The summed E-state index contributed by atoms with van der Waals surface area (Å²) in [4.78, 5) is 4.64. The predicted octanol–water partition coefficient (Wildman–Crippen LogP) is 5.37. The van der Waals surface area contributed by atoms with Crippen LogP contribution in [0.25, 0.3) is 0 Å². The molecule has 1 aromatic rings. The molecule has 3 aliphatic heterocycles. The van der Waals surface area contributed by atoms with Crippen molar-refractivity contribution in [3.63, 3.8) is 0 Å². The van der Waals surface area contributed by atoms with E-state index in [2.05, 4.69) is 4.98 Å². The molecule has 0 unspecified atom stereocenters. The first-order valence-electron chi connectivity index (χ1n) is 12.8. The molecule has 0 spiro atoms. The molecule has 4 heterocycles. The summed E-state index contributed by atoms with van der Waals surface area (Å²) in [6, 6.07) is 3.60. The van der Waals surface area contributed by atoms with Crippen molar-refractivity contribution in [2.24, 2.45) is 0 Å². The molecule has 3 saturated heterocycles. The van der Waals surface area contributed by atoms with Gasteiger partial charge in [-0.25, -0.2) is 0 Å². The zero-order chi connectivity index (χ0) is 27.2. The summed E-state index contributed by atoms with van der Waals surface area (Å²) < 4.78 is 40.4. The fourth-order valence-corrected chi connectivity index (χ4v) is 4.81. The molecule has 11 heteroatoms. The lowest BCUT2D eigenvalue weighted by Gasteiger charge is -2.38. The third-order valence-electron chi connectivity index (χ3n) is 9.34. The van der Waals surface area contributed by atoms with Gasteiger partial charge in [0, 0.05) is 16.9 Å². The monoisotopic (exact) mass is 519 g/mol. The lowest BCUT2D eigenvalue weighted by atomic mass is 9.23. The van der Waals surface area contributed by atoms with Crippen LogP contribution in [0.5, 0.6) is 0 Å². The van der Waals surface area contributed by atoms with E-state index in [0.29, 0.717) is 11.4 Å². The Morgan fingerprint density at radius 3 is 1.22 bits per heavy atom. The van der Waals surface area contributed by atoms with Crippen molar-refractivity contribution >= 4 is 33.0 Å². The second-order valence-corrected chi connectivity index (χ2v) is 14.0. The lowest BCUT2D eigenvalue weighted by molar-refractivity contribution is 0.00578. The Morgan fingerprint density at radius 2 is 0.944 bits per heavy atom. The average Bonchev–Trinajstić information content (AvgIpc) is 3.14. The summed E-state index contributed by atoms with van der Waals surface area (Å²) >= 11 is 6.40. The number of halogens is 1. The molecule has 4 rings (SSSR count). The first kappa shape index (κ1) is 28.4. The summed E-state index contributed by atoms with van der Waals surface area (Å²) in [6.45, 7) is 24.4. The first-order valence-corrected chi connectivity index (χ1v) is 13.2. The van der Waals surface area contributed by atoms with Gasteiger partial charge in [-0.05, 0) is 102 Å². The van der Waals surface area contributed by atoms with E-state index in [9.17, 15) is 0 Å².